The summed E-state index contributed by atoms with van der Waals surface area (Å²) in [7, 11) is 0. The molecule has 1 aliphatic rings. The third-order valence-electron chi connectivity index (χ3n) is 2.66. The second-order valence-corrected chi connectivity index (χ2v) is 4.48. The summed E-state index contributed by atoms with van der Waals surface area (Å²) in [5.41, 5.74) is 0.561. The van der Waals surface area contributed by atoms with Gasteiger partial charge in [0.1, 0.15) is 5.82 Å². The lowest BCUT2D eigenvalue weighted by atomic mass is 9.82. The van der Waals surface area contributed by atoms with Crippen molar-refractivity contribution >= 4 is 17.3 Å². The molecule has 1 fully saturated rings. The SMILES string of the molecule is CC1CC(Nc2ccc(Cl)cc2F)C1. The summed E-state index contributed by atoms with van der Waals surface area (Å²) in [6, 6.07) is 5.17. The first-order chi connectivity index (χ1) is 6.65. The van der Waals surface area contributed by atoms with Crippen LogP contribution in [0.15, 0.2) is 18.2 Å². The van der Waals surface area contributed by atoms with Gasteiger partial charge in [-0.1, -0.05) is 18.5 Å². The Morgan fingerprint density at radius 2 is 2.14 bits per heavy atom. The molecule has 0 unspecified atom stereocenters. The van der Waals surface area contributed by atoms with Crippen molar-refractivity contribution in [3.63, 3.8) is 0 Å². The van der Waals surface area contributed by atoms with E-state index in [0.717, 1.165) is 18.8 Å². The zero-order valence-corrected chi connectivity index (χ0v) is 8.81. The summed E-state index contributed by atoms with van der Waals surface area (Å²) in [5, 5.41) is 3.61. The third kappa shape index (κ3) is 2.01. The molecule has 0 heterocycles. The van der Waals surface area contributed by atoms with E-state index in [-0.39, 0.29) is 5.82 Å². The van der Waals surface area contributed by atoms with Gasteiger partial charge in [-0.2, -0.15) is 0 Å². The van der Waals surface area contributed by atoms with Crippen molar-refractivity contribution in [2.24, 2.45) is 5.92 Å². The fourth-order valence-corrected chi connectivity index (χ4v) is 2.01. The van der Waals surface area contributed by atoms with E-state index in [2.05, 4.69) is 12.2 Å². The number of hydrogen-bond acceptors (Lipinski definition) is 1. The van der Waals surface area contributed by atoms with Crippen LogP contribution in [0.3, 0.4) is 0 Å². The maximum atomic E-state index is 13.3. The summed E-state index contributed by atoms with van der Waals surface area (Å²) in [4.78, 5) is 0. The summed E-state index contributed by atoms with van der Waals surface area (Å²) in [6.07, 6.45) is 2.25. The topological polar surface area (TPSA) is 12.0 Å². The van der Waals surface area contributed by atoms with Crippen LogP contribution in [-0.2, 0) is 0 Å². The maximum absolute atomic E-state index is 13.3. The van der Waals surface area contributed by atoms with Gasteiger partial charge >= 0.3 is 0 Å². The Balaban J connectivity index is 2.02. The van der Waals surface area contributed by atoms with E-state index in [0.29, 0.717) is 16.8 Å². The zero-order valence-electron chi connectivity index (χ0n) is 8.06. The predicted octanol–water partition coefficient (Wildman–Crippen LogP) is 3.69. The van der Waals surface area contributed by atoms with Gasteiger partial charge in [-0.05, 0) is 37.0 Å². The Bertz CT molecular complexity index is 334. The largest absolute Gasteiger partial charge is 0.380 e. The molecule has 3 heteroatoms. The molecule has 0 atom stereocenters. The van der Waals surface area contributed by atoms with E-state index in [4.69, 9.17) is 11.6 Å². The van der Waals surface area contributed by atoms with Crippen LogP contribution in [0.25, 0.3) is 0 Å². The average Bonchev–Trinajstić information content (AvgIpc) is 2.06. The van der Waals surface area contributed by atoms with Gasteiger partial charge < -0.3 is 5.32 Å². The van der Waals surface area contributed by atoms with Gasteiger partial charge in [-0.15, -0.1) is 0 Å². The van der Waals surface area contributed by atoms with Crippen LogP contribution < -0.4 is 5.32 Å². The standard InChI is InChI=1S/C11H13ClFN/c1-7-4-9(5-7)14-11-3-2-8(12)6-10(11)13/h2-3,6-7,9,14H,4-5H2,1H3. The highest BCUT2D eigenvalue weighted by molar-refractivity contribution is 6.30. The average molecular weight is 214 g/mol. The van der Waals surface area contributed by atoms with Crippen molar-refractivity contribution in [3.05, 3.63) is 29.0 Å². The van der Waals surface area contributed by atoms with Gasteiger partial charge in [0.2, 0.25) is 0 Å². The van der Waals surface area contributed by atoms with Gasteiger partial charge in [0.25, 0.3) is 0 Å². The molecule has 0 bridgehead atoms. The summed E-state index contributed by atoms with van der Waals surface area (Å²) in [6.45, 7) is 2.20. The monoisotopic (exact) mass is 213 g/mol. The Kier molecular flexibility index (Phi) is 2.64. The Hall–Kier alpha value is -0.760. The molecular formula is C11H13ClFN. The van der Waals surface area contributed by atoms with E-state index in [9.17, 15) is 4.39 Å². The number of rotatable bonds is 2. The smallest absolute Gasteiger partial charge is 0.147 e. The van der Waals surface area contributed by atoms with Crippen LogP contribution in [0.4, 0.5) is 10.1 Å². The highest BCUT2D eigenvalue weighted by atomic mass is 35.5. The van der Waals surface area contributed by atoms with E-state index < -0.39 is 0 Å². The minimum absolute atomic E-state index is 0.267. The fourth-order valence-electron chi connectivity index (χ4n) is 1.85. The quantitative estimate of drug-likeness (QED) is 0.790. The first-order valence-corrected chi connectivity index (χ1v) is 5.24. The Morgan fingerprint density at radius 3 is 2.71 bits per heavy atom. The molecule has 1 nitrogen and oxygen atoms in total. The molecule has 0 radical (unpaired) electrons. The molecule has 0 aliphatic heterocycles. The second kappa shape index (κ2) is 3.77. The number of benzene rings is 1. The molecule has 1 aromatic carbocycles. The molecule has 1 aliphatic carbocycles. The van der Waals surface area contributed by atoms with Crippen molar-refractivity contribution in [1.29, 1.82) is 0 Å². The van der Waals surface area contributed by atoms with Crippen LogP contribution >= 0.6 is 11.6 Å². The van der Waals surface area contributed by atoms with Crippen LogP contribution in [-0.4, -0.2) is 6.04 Å². The lowest BCUT2D eigenvalue weighted by Crippen LogP contribution is -2.34. The number of halogens is 2. The lowest BCUT2D eigenvalue weighted by Gasteiger charge is -2.34. The molecular weight excluding hydrogens is 201 g/mol. The highest BCUT2D eigenvalue weighted by Crippen LogP contribution is 2.30. The number of hydrogen-bond donors (Lipinski definition) is 1. The molecule has 1 saturated carbocycles. The third-order valence-corrected chi connectivity index (χ3v) is 2.90. The van der Waals surface area contributed by atoms with Crippen LogP contribution in [0.2, 0.25) is 5.02 Å². The minimum atomic E-state index is -0.267. The maximum Gasteiger partial charge on any atom is 0.147 e. The molecule has 1 N–H and O–H groups in total. The predicted molar refractivity (Wildman–Crippen MR) is 57.2 cm³/mol. The minimum Gasteiger partial charge on any atom is -0.380 e. The molecule has 0 aromatic heterocycles. The van der Waals surface area contributed by atoms with Gasteiger partial charge in [0.05, 0.1) is 5.69 Å². The number of anilines is 1. The molecule has 1 aromatic rings. The normalized spacial score (nSPS) is 25.6. The highest BCUT2D eigenvalue weighted by Gasteiger charge is 2.25. The first kappa shape index (κ1) is 9.78. The van der Waals surface area contributed by atoms with Crippen molar-refractivity contribution in [2.45, 2.75) is 25.8 Å². The first-order valence-electron chi connectivity index (χ1n) is 4.87. The van der Waals surface area contributed by atoms with E-state index in [1.165, 1.54) is 6.07 Å². The molecule has 0 saturated heterocycles. The zero-order chi connectivity index (χ0) is 10.1. The van der Waals surface area contributed by atoms with Gasteiger partial charge in [-0.25, -0.2) is 4.39 Å². The molecule has 0 amide bonds. The molecule has 0 spiro atoms. The van der Waals surface area contributed by atoms with Crippen LogP contribution in [0.5, 0.6) is 0 Å². The van der Waals surface area contributed by atoms with E-state index in [1.54, 1.807) is 12.1 Å². The molecule has 14 heavy (non-hydrogen) atoms. The fraction of sp³-hybridized carbons (Fsp3) is 0.455. The van der Waals surface area contributed by atoms with Crippen molar-refractivity contribution in [2.75, 3.05) is 5.32 Å². The molecule has 76 valence electrons. The van der Waals surface area contributed by atoms with E-state index >= 15 is 0 Å². The summed E-state index contributed by atoms with van der Waals surface area (Å²) >= 11 is 5.66. The molecule has 2 rings (SSSR count). The van der Waals surface area contributed by atoms with Crippen molar-refractivity contribution in [3.8, 4) is 0 Å². The van der Waals surface area contributed by atoms with Crippen LogP contribution in [0.1, 0.15) is 19.8 Å². The van der Waals surface area contributed by atoms with Gasteiger partial charge in [-0.3, -0.25) is 0 Å². The Labute approximate surface area is 88.3 Å². The van der Waals surface area contributed by atoms with Gasteiger partial charge in [0, 0.05) is 11.1 Å². The van der Waals surface area contributed by atoms with Crippen molar-refractivity contribution < 1.29 is 4.39 Å². The van der Waals surface area contributed by atoms with Gasteiger partial charge in [0.15, 0.2) is 0 Å². The number of nitrogens with one attached hydrogen (secondary N) is 1. The summed E-state index contributed by atoms with van der Waals surface area (Å²) < 4.78 is 13.3. The summed E-state index contributed by atoms with van der Waals surface area (Å²) in [5.74, 6) is 0.500. The van der Waals surface area contributed by atoms with E-state index in [1.807, 2.05) is 0 Å². The van der Waals surface area contributed by atoms with Crippen LogP contribution in [0, 0.1) is 11.7 Å². The Morgan fingerprint density at radius 1 is 1.43 bits per heavy atom. The lowest BCUT2D eigenvalue weighted by molar-refractivity contribution is 0.308. The van der Waals surface area contributed by atoms with Crippen molar-refractivity contribution in [1.82, 2.24) is 0 Å². The second-order valence-electron chi connectivity index (χ2n) is 4.04.